The molecule has 1 atom stereocenters. The van der Waals surface area contributed by atoms with E-state index in [-0.39, 0.29) is 11.4 Å². The Bertz CT molecular complexity index is 1150. The fraction of sp³-hybridized carbons (Fsp3) is 0.174. The number of carbonyl (C=O) groups is 1. The Labute approximate surface area is 175 Å². The predicted octanol–water partition coefficient (Wildman–Crippen LogP) is 3.73. The van der Waals surface area contributed by atoms with E-state index in [4.69, 9.17) is 9.47 Å². The lowest BCUT2D eigenvalue weighted by Gasteiger charge is -2.20. The minimum Gasteiger partial charge on any atom is -0.489 e. The van der Waals surface area contributed by atoms with Gasteiger partial charge in [-0.3, -0.25) is 9.10 Å². The summed E-state index contributed by atoms with van der Waals surface area (Å²) in [5.74, 6) is -0.800. The van der Waals surface area contributed by atoms with Crippen LogP contribution in [-0.2, 0) is 26.2 Å². The molecule has 1 unspecified atom stereocenters. The maximum Gasteiger partial charge on any atom is 0.315 e. The minimum absolute atomic E-state index is 0.0368. The van der Waals surface area contributed by atoms with Crippen LogP contribution in [0.4, 0.5) is 5.69 Å². The summed E-state index contributed by atoms with van der Waals surface area (Å²) in [6, 6.07) is 23.0. The molecule has 1 heterocycles. The van der Waals surface area contributed by atoms with Crippen molar-refractivity contribution in [1.82, 2.24) is 0 Å². The van der Waals surface area contributed by atoms with Crippen molar-refractivity contribution >= 4 is 21.7 Å². The summed E-state index contributed by atoms with van der Waals surface area (Å²) >= 11 is 0. The average Bonchev–Trinajstić information content (AvgIpc) is 3.20. The molecule has 6 nitrogen and oxygen atoms in total. The first-order valence-corrected chi connectivity index (χ1v) is 10.9. The minimum atomic E-state index is -3.84. The number of rotatable bonds is 6. The van der Waals surface area contributed by atoms with Gasteiger partial charge in [0.05, 0.1) is 24.2 Å². The van der Waals surface area contributed by atoms with Crippen LogP contribution < -0.4 is 9.04 Å². The van der Waals surface area contributed by atoms with E-state index in [9.17, 15) is 13.2 Å². The van der Waals surface area contributed by atoms with E-state index in [2.05, 4.69) is 0 Å². The van der Waals surface area contributed by atoms with Crippen molar-refractivity contribution in [3.63, 3.8) is 0 Å². The van der Waals surface area contributed by atoms with E-state index in [1.54, 1.807) is 36.4 Å². The molecule has 30 heavy (non-hydrogen) atoms. The van der Waals surface area contributed by atoms with E-state index in [0.717, 1.165) is 5.56 Å². The Hall–Kier alpha value is -3.32. The number of esters is 1. The molecule has 154 valence electrons. The topological polar surface area (TPSA) is 72.9 Å². The van der Waals surface area contributed by atoms with Gasteiger partial charge < -0.3 is 9.47 Å². The number of nitrogens with zero attached hydrogens (tertiary/aromatic N) is 1. The fourth-order valence-electron chi connectivity index (χ4n) is 3.60. The molecule has 7 heteroatoms. The number of anilines is 1. The van der Waals surface area contributed by atoms with Gasteiger partial charge >= 0.3 is 5.97 Å². The Morgan fingerprint density at radius 2 is 1.63 bits per heavy atom. The maximum absolute atomic E-state index is 13.3. The normalized spacial score (nSPS) is 15.5. The number of hydrogen-bond donors (Lipinski definition) is 0. The first kappa shape index (κ1) is 20.0. The molecule has 0 spiro atoms. The molecule has 0 aliphatic carbocycles. The second-order valence-electron chi connectivity index (χ2n) is 6.89. The van der Waals surface area contributed by atoms with Gasteiger partial charge in [0.25, 0.3) is 10.0 Å². The molecule has 0 bridgehead atoms. The summed E-state index contributed by atoms with van der Waals surface area (Å²) in [6.45, 7) is 0.265. The summed E-state index contributed by atoms with van der Waals surface area (Å²) in [5.41, 5.74) is 1.93. The Morgan fingerprint density at radius 1 is 0.967 bits per heavy atom. The standard InChI is InChI=1S/C23H21NO5S/c1-28-23(25)19-15-24(30(26,27)18-11-6-3-7-12-18)20-13-8-14-21(22(19)20)29-16-17-9-4-2-5-10-17/h2-14,19H,15-16H2,1H3. The Balaban J connectivity index is 1.75. The first-order valence-electron chi connectivity index (χ1n) is 9.47. The predicted molar refractivity (Wildman–Crippen MR) is 113 cm³/mol. The van der Waals surface area contributed by atoms with Crippen molar-refractivity contribution in [2.75, 3.05) is 18.0 Å². The van der Waals surface area contributed by atoms with Gasteiger partial charge in [0.15, 0.2) is 0 Å². The third kappa shape index (κ3) is 3.64. The molecule has 4 rings (SSSR count). The SMILES string of the molecule is COC(=O)C1CN(S(=O)(=O)c2ccccc2)c2cccc(OCc3ccccc3)c21. The van der Waals surface area contributed by atoms with Crippen LogP contribution in [0.2, 0.25) is 0 Å². The lowest BCUT2D eigenvalue weighted by atomic mass is 10.0. The molecule has 0 saturated carbocycles. The number of fused-ring (bicyclic) bond motifs is 1. The zero-order valence-corrected chi connectivity index (χ0v) is 17.2. The Kier molecular flexibility index (Phi) is 5.46. The van der Waals surface area contributed by atoms with E-state index in [1.165, 1.54) is 23.5 Å². The van der Waals surface area contributed by atoms with Crippen molar-refractivity contribution < 1.29 is 22.7 Å². The summed E-state index contributed by atoms with van der Waals surface area (Å²) in [5, 5.41) is 0. The van der Waals surface area contributed by atoms with Crippen LogP contribution in [0.15, 0.2) is 83.8 Å². The largest absolute Gasteiger partial charge is 0.489 e. The highest BCUT2D eigenvalue weighted by atomic mass is 32.2. The van der Waals surface area contributed by atoms with Gasteiger partial charge in [-0.15, -0.1) is 0 Å². The highest BCUT2D eigenvalue weighted by Crippen LogP contribution is 2.45. The van der Waals surface area contributed by atoms with Gasteiger partial charge in [-0.1, -0.05) is 54.6 Å². The summed E-state index contributed by atoms with van der Waals surface area (Å²) < 4.78 is 38.8. The van der Waals surface area contributed by atoms with Gasteiger partial charge in [-0.25, -0.2) is 8.42 Å². The van der Waals surface area contributed by atoms with Crippen LogP contribution in [0.3, 0.4) is 0 Å². The zero-order valence-electron chi connectivity index (χ0n) is 16.4. The van der Waals surface area contributed by atoms with Crippen LogP contribution in [0, 0.1) is 0 Å². The number of benzene rings is 3. The lowest BCUT2D eigenvalue weighted by Crippen LogP contribution is -2.31. The molecular weight excluding hydrogens is 402 g/mol. The summed E-state index contributed by atoms with van der Waals surface area (Å²) in [6.07, 6.45) is 0. The fourth-order valence-corrected chi connectivity index (χ4v) is 5.12. The van der Waals surface area contributed by atoms with Crippen LogP contribution in [0.1, 0.15) is 17.0 Å². The number of sulfonamides is 1. The van der Waals surface area contributed by atoms with Crippen molar-refractivity contribution in [2.45, 2.75) is 17.4 Å². The van der Waals surface area contributed by atoms with E-state index >= 15 is 0 Å². The van der Waals surface area contributed by atoms with Crippen LogP contribution in [-0.4, -0.2) is 28.0 Å². The molecule has 3 aromatic rings. The second-order valence-corrected chi connectivity index (χ2v) is 8.75. The quantitative estimate of drug-likeness (QED) is 0.565. The van der Waals surface area contributed by atoms with Crippen LogP contribution >= 0.6 is 0 Å². The van der Waals surface area contributed by atoms with Crippen molar-refractivity contribution in [2.24, 2.45) is 0 Å². The molecule has 0 aromatic heterocycles. The smallest absolute Gasteiger partial charge is 0.315 e. The van der Waals surface area contributed by atoms with E-state index < -0.39 is 21.9 Å². The molecule has 3 aromatic carbocycles. The third-order valence-corrected chi connectivity index (χ3v) is 6.86. The summed E-state index contributed by atoms with van der Waals surface area (Å²) in [4.78, 5) is 12.7. The summed E-state index contributed by atoms with van der Waals surface area (Å²) in [7, 11) is -2.55. The maximum atomic E-state index is 13.3. The molecule has 0 radical (unpaired) electrons. The lowest BCUT2D eigenvalue weighted by molar-refractivity contribution is -0.142. The monoisotopic (exact) mass is 423 g/mol. The number of methoxy groups -OCH3 is 1. The number of hydrogen-bond acceptors (Lipinski definition) is 5. The average molecular weight is 423 g/mol. The molecule has 1 aliphatic heterocycles. The van der Waals surface area contributed by atoms with E-state index in [0.29, 0.717) is 23.6 Å². The van der Waals surface area contributed by atoms with Crippen molar-refractivity contribution in [3.05, 3.63) is 90.0 Å². The first-order chi connectivity index (χ1) is 14.5. The van der Waals surface area contributed by atoms with Crippen LogP contribution in [0.25, 0.3) is 0 Å². The molecule has 0 fully saturated rings. The van der Waals surface area contributed by atoms with Gasteiger partial charge in [0.1, 0.15) is 18.3 Å². The number of carbonyl (C=O) groups excluding carboxylic acids is 1. The van der Waals surface area contributed by atoms with Gasteiger partial charge in [0.2, 0.25) is 0 Å². The molecule has 0 amide bonds. The highest BCUT2D eigenvalue weighted by Gasteiger charge is 2.42. The molecular formula is C23H21NO5S. The van der Waals surface area contributed by atoms with Gasteiger partial charge in [0, 0.05) is 5.56 Å². The highest BCUT2D eigenvalue weighted by molar-refractivity contribution is 7.92. The zero-order chi connectivity index (χ0) is 21.1. The van der Waals surface area contributed by atoms with Crippen LogP contribution in [0.5, 0.6) is 5.75 Å². The van der Waals surface area contributed by atoms with Gasteiger partial charge in [-0.2, -0.15) is 0 Å². The number of ether oxygens (including phenoxy) is 2. The van der Waals surface area contributed by atoms with Crippen molar-refractivity contribution in [3.8, 4) is 5.75 Å². The molecule has 0 saturated heterocycles. The molecule has 1 aliphatic rings. The third-order valence-electron chi connectivity index (χ3n) is 5.06. The van der Waals surface area contributed by atoms with Gasteiger partial charge in [-0.05, 0) is 29.8 Å². The van der Waals surface area contributed by atoms with E-state index in [1.807, 2.05) is 30.3 Å². The van der Waals surface area contributed by atoms with Crippen molar-refractivity contribution in [1.29, 1.82) is 0 Å². The second kappa shape index (κ2) is 8.20. The Morgan fingerprint density at radius 3 is 2.30 bits per heavy atom. The molecule has 0 N–H and O–H groups in total.